The van der Waals surface area contributed by atoms with Crippen molar-refractivity contribution in [3.63, 3.8) is 0 Å². The van der Waals surface area contributed by atoms with Crippen LogP contribution in [0.5, 0.6) is 0 Å². The molecule has 0 atom stereocenters. The fourth-order valence-electron chi connectivity index (χ4n) is 2.63. The van der Waals surface area contributed by atoms with Crippen molar-refractivity contribution in [2.24, 2.45) is 0 Å². The van der Waals surface area contributed by atoms with Crippen LogP contribution in [-0.4, -0.2) is 44.2 Å². The number of halogens is 1. The van der Waals surface area contributed by atoms with Crippen LogP contribution in [0.15, 0.2) is 18.2 Å². The van der Waals surface area contributed by atoms with E-state index >= 15 is 0 Å². The van der Waals surface area contributed by atoms with E-state index < -0.39 is 0 Å². The Kier molecular flexibility index (Phi) is 6.14. The van der Waals surface area contributed by atoms with Crippen molar-refractivity contribution >= 4 is 17.3 Å². The summed E-state index contributed by atoms with van der Waals surface area (Å²) in [6.45, 7) is 11.9. The average molecular weight is 296 g/mol. The molecule has 0 aromatic heterocycles. The molecule has 0 aliphatic carbocycles. The van der Waals surface area contributed by atoms with Gasteiger partial charge >= 0.3 is 0 Å². The number of anilines is 1. The van der Waals surface area contributed by atoms with E-state index in [-0.39, 0.29) is 0 Å². The molecule has 0 saturated carbocycles. The summed E-state index contributed by atoms with van der Waals surface area (Å²) in [5, 5.41) is 4.29. The first kappa shape index (κ1) is 15.6. The lowest BCUT2D eigenvalue weighted by atomic mass is 10.1. The van der Waals surface area contributed by atoms with Crippen molar-refractivity contribution in [3.05, 3.63) is 28.8 Å². The summed E-state index contributed by atoms with van der Waals surface area (Å²) in [6.07, 6.45) is 1.16. The smallest absolute Gasteiger partial charge is 0.0642 e. The number of nitrogens with zero attached hydrogens (tertiary/aromatic N) is 2. The molecule has 4 heteroatoms. The summed E-state index contributed by atoms with van der Waals surface area (Å²) in [6, 6.07) is 6.47. The third-order valence-corrected chi connectivity index (χ3v) is 4.23. The normalized spacial score (nSPS) is 16.6. The van der Waals surface area contributed by atoms with E-state index in [1.807, 2.05) is 0 Å². The lowest BCUT2D eigenvalue weighted by Crippen LogP contribution is -2.46. The van der Waals surface area contributed by atoms with Crippen LogP contribution in [-0.2, 0) is 6.54 Å². The molecule has 1 aromatic rings. The molecule has 1 aliphatic heterocycles. The van der Waals surface area contributed by atoms with Gasteiger partial charge in [-0.3, -0.25) is 0 Å². The third-order valence-electron chi connectivity index (χ3n) is 3.93. The fraction of sp³-hybridized carbons (Fsp3) is 0.625. The van der Waals surface area contributed by atoms with Gasteiger partial charge in [-0.2, -0.15) is 0 Å². The minimum absolute atomic E-state index is 0.880. The number of rotatable bonds is 6. The zero-order chi connectivity index (χ0) is 14.4. The van der Waals surface area contributed by atoms with Gasteiger partial charge in [0, 0.05) is 32.7 Å². The molecular formula is C16H26ClN3. The van der Waals surface area contributed by atoms with Crippen molar-refractivity contribution in [1.29, 1.82) is 0 Å². The van der Waals surface area contributed by atoms with Crippen LogP contribution in [0.2, 0.25) is 5.02 Å². The van der Waals surface area contributed by atoms with E-state index in [9.17, 15) is 0 Å². The molecule has 1 N–H and O–H groups in total. The van der Waals surface area contributed by atoms with Gasteiger partial charge in [0.1, 0.15) is 0 Å². The Morgan fingerprint density at radius 2 is 1.90 bits per heavy atom. The van der Waals surface area contributed by atoms with Gasteiger partial charge in [-0.1, -0.05) is 31.5 Å². The highest BCUT2D eigenvalue weighted by molar-refractivity contribution is 6.33. The minimum atomic E-state index is 0.880. The third kappa shape index (κ3) is 4.11. The highest BCUT2D eigenvalue weighted by Crippen LogP contribution is 2.27. The Morgan fingerprint density at radius 1 is 1.15 bits per heavy atom. The highest BCUT2D eigenvalue weighted by Gasteiger charge is 2.17. The minimum Gasteiger partial charge on any atom is -0.368 e. The number of hydrogen-bond donors (Lipinski definition) is 1. The second-order valence-electron chi connectivity index (χ2n) is 5.38. The first-order chi connectivity index (χ1) is 9.74. The van der Waals surface area contributed by atoms with Gasteiger partial charge in [-0.15, -0.1) is 0 Å². The molecule has 3 nitrogen and oxygen atoms in total. The zero-order valence-electron chi connectivity index (χ0n) is 12.7. The molecule has 1 fully saturated rings. The van der Waals surface area contributed by atoms with Gasteiger partial charge < -0.3 is 15.1 Å². The summed E-state index contributed by atoms with van der Waals surface area (Å²) >= 11 is 6.46. The monoisotopic (exact) mass is 295 g/mol. The maximum atomic E-state index is 6.46. The molecule has 0 radical (unpaired) electrons. The number of benzene rings is 1. The van der Waals surface area contributed by atoms with Gasteiger partial charge in [0.15, 0.2) is 0 Å². The van der Waals surface area contributed by atoms with Crippen LogP contribution in [0.1, 0.15) is 25.8 Å². The molecule has 0 spiro atoms. The number of hydrogen-bond acceptors (Lipinski definition) is 3. The Balaban J connectivity index is 1.95. The average Bonchev–Trinajstić information content (AvgIpc) is 2.48. The molecule has 1 aromatic carbocycles. The molecule has 20 heavy (non-hydrogen) atoms. The second-order valence-corrected chi connectivity index (χ2v) is 5.79. The van der Waals surface area contributed by atoms with E-state index in [2.05, 4.69) is 47.2 Å². The van der Waals surface area contributed by atoms with Crippen LogP contribution in [0.4, 0.5) is 5.69 Å². The van der Waals surface area contributed by atoms with Crippen molar-refractivity contribution < 1.29 is 0 Å². The Labute approximate surface area is 127 Å². The first-order valence-electron chi connectivity index (χ1n) is 7.71. The quantitative estimate of drug-likeness (QED) is 0.814. The molecule has 1 saturated heterocycles. The largest absolute Gasteiger partial charge is 0.368 e. The fourth-order valence-corrected chi connectivity index (χ4v) is 2.95. The van der Waals surface area contributed by atoms with E-state index in [4.69, 9.17) is 11.6 Å². The summed E-state index contributed by atoms with van der Waals surface area (Å²) in [4.78, 5) is 4.88. The van der Waals surface area contributed by atoms with E-state index in [1.165, 1.54) is 11.3 Å². The van der Waals surface area contributed by atoms with E-state index in [0.29, 0.717) is 0 Å². The molecule has 2 rings (SSSR count). The summed E-state index contributed by atoms with van der Waals surface area (Å²) in [5.74, 6) is 0. The van der Waals surface area contributed by atoms with Gasteiger partial charge in [0.25, 0.3) is 0 Å². The second kappa shape index (κ2) is 7.87. The van der Waals surface area contributed by atoms with Crippen molar-refractivity contribution in [1.82, 2.24) is 10.2 Å². The van der Waals surface area contributed by atoms with Gasteiger partial charge in [0.2, 0.25) is 0 Å². The molecule has 1 aliphatic rings. The van der Waals surface area contributed by atoms with Gasteiger partial charge in [-0.25, -0.2) is 0 Å². The summed E-state index contributed by atoms with van der Waals surface area (Å²) in [5.41, 5.74) is 2.45. The topological polar surface area (TPSA) is 18.5 Å². The lowest BCUT2D eigenvalue weighted by Gasteiger charge is -2.36. The molecule has 112 valence electrons. The molecule has 0 amide bonds. The number of likely N-dealkylation sites (N-methyl/N-ethyl adjacent to an activating group) is 1. The van der Waals surface area contributed by atoms with E-state index in [1.54, 1.807) is 0 Å². The Morgan fingerprint density at radius 3 is 2.50 bits per heavy atom. The van der Waals surface area contributed by atoms with Crippen molar-refractivity contribution in [2.75, 3.05) is 44.2 Å². The summed E-state index contributed by atoms with van der Waals surface area (Å²) in [7, 11) is 0. The zero-order valence-corrected chi connectivity index (χ0v) is 13.4. The van der Waals surface area contributed by atoms with Gasteiger partial charge in [-0.05, 0) is 37.2 Å². The van der Waals surface area contributed by atoms with E-state index in [0.717, 1.165) is 57.3 Å². The maximum absolute atomic E-state index is 6.46. The number of nitrogens with one attached hydrogen (secondary N) is 1. The molecule has 0 unspecified atom stereocenters. The van der Waals surface area contributed by atoms with Crippen LogP contribution in [0.3, 0.4) is 0 Å². The standard InChI is InChI=1S/C16H26ClN3/c1-3-7-18-13-14-5-6-16(15(17)12-14)20-10-8-19(4-2)9-11-20/h5-6,12,18H,3-4,7-11,13H2,1-2H3. The predicted octanol–water partition coefficient (Wildman–Crippen LogP) is 2.98. The highest BCUT2D eigenvalue weighted by atomic mass is 35.5. The Bertz CT molecular complexity index is 414. The first-order valence-corrected chi connectivity index (χ1v) is 8.08. The summed E-state index contributed by atoms with van der Waals surface area (Å²) < 4.78 is 0. The molecule has 1 heterocycles. The van der Waals surface area contributed by atoms with Gasteiger partial charge in [0.05, 0.1) is 10.7 Å². The predicted molar refractivity (Wildman–Crippen MR) is 87.8 cm³/mol. The lowest BCUT2D eigenvalue weighted by molar-refractivity contribution is 0.271. The van der Waals surface area contributed by atoms with Crippen LogP contribution >= 0.6 is 11.6 Å². The van der Waals surface area contributed by atoms with Crippen LogP contribution in [0, 0.1) is 0 Å². The SMILES string of the molecule is CCCNCc1ccc(N2CCN(CC)CC2)c(Cl)c1. The van der Waals surface area contributed by atoms with Crippen LogP contribution < -0.4 is 10.2 Å². The maximum Gasteiger partial charge on any atom is 0.0642 e. The molecular weight excluding hydrogens is 270 g/mol. The van der Waals surface area contributed by atoms with Crippen LogP contribution in [0.25, 0.3) is 0 Å². The molecule has 0 bridgehead atoms. The number of piperazine rings is 1. The van der Waals surface area contributed by atoms with Crippen molar-refractivity contribution in [3.8, 4) is 0 Å². The Hall–Kier alpha value is -0.770. The van der Waals surface area contributed by atoms with Crippen molar-refractivity contribution in [2.45, 2.75) is 26.8 Å².